The number of nitriles is 1. The molecule has 3 aliphatic carbocycles. The van der Waals surface area contributed by atoms with Gasteiger partial charge in [0.1, 0.15) is 0 Å². The Labute approximate surface area is 58.9 Å². The lowest BCUT2D eigenvalue weighted by Crippen LogP contribution is -2.71. The number of hydrogen-bond donors (Lipinski definition) is 1. The molecule has 0 radical (unpaired) electrons. The Morgan fingerprint density at radius 1 is 1.44 bits per heavy atom. The first-order chi connectivity index (χ1) is 4.24. The van der Waals surface area contributed by atoms with Crippen LogP contribution in [-0.4, -0.2) is 5.54 Å². The van der Waals surface area contributed by atoms with Crippen molar-refractivity contribution in [3.05, 3.63) is 0 Å². The molecule has 48 valence electrons. The van der Waals surface area contributed by atoms with Gasteiger partial charge in [-0.15, -0.1) is 0 Å². The summed E-state index contributed by atoms with van der Waals surface area (Å²) in [4.78, 5) is 2.72. The minimum atomic E-state index is 0.0297. The monoisotopic (exact) mass is 142 g/mol. The fourth-order valence-electron chi connectivity index (χ4n) is 2.01. The van der Waals surface area contributed by atoms with E-state index in [1.165, 1.54) is 0 Å². The van der Waals surface area contributed by atoms with Crippen LogP contribution in [0, 0.1) is 16.7 Å². The number of nitrogens with zero attached hydrogens (tertiary/aromatic N) is 1. The van der Waals surface area contributed by atoms with Crippen molar-refractivity contribution in [1.29, 1.82) is 5.26 Å². The van der Waals surface area contributed by atoms with Gasteiger partial charge < -0.3 is 0 Å². The third-order valence-corrected chi connectivity index (χ3v) is 2.87. The first kappa shape index (κ1) is 5.52. The standard InChI is InChI=1S/C6H7ClN2/c7-9-6-1-5(2-6,3-6)4-8/h9H,1-3H2. The fourth-order valence-corrected chi connectivity index (χ4v) is 2.21. The van der Waals surface area contributed by atoms with Gasteiger partial charge in [-0.05, 0) is 31.0 Å². The first-order valence-electron chi connectivity index (χ1n) is 3.03. The molecule has 3 aliphatic rings. The highest BCUT2D eigenvalue weighted by Crippen LogP contribution is 2.66. The third kappa shape index (κ3) is 0.452. The zero-order valence-electron chi connectivity index (χ0n) is 4.95. The summed E-state index contributed by atoms with van der Waals surface area (Å²) in [5, 5.41) is 8.57. The summed E-state index contributed by atoms with van der Waals surface area (Å²) in [7, 11) is 0. The van der Waals surface area contributed by atoms with Crippen LogP contribution >= 0.6 is 11.8 Å². The predicted octanol–water partition coefficient (Wildman–Crippen LogP) is 1.18. The SMILES string of the molecule is N#CC12CC(NCl)(C1)C2. The van der Waals surface area contributed by atoms with E-state index in [1.807, 2.05) is 0 Å². The molecular formula is C6H7ClN2. The largest absolute Gasteiger partial charge is 0.227 e. The molecule has 0 spiro atoms. The summed E-state index contributed by atoms with van der Waals surface area (Å²) in [6.45, 7) is 0. The molecule has 1 N–H and O–H groups in total. The second kappa shape index (κ2) is 1.25. The number of rotatable bonds is 1. The van der Waals surface area contributed by atoms with Gasteiger partial charge in [-0.25, -0.2) is 4.84 Å². The van der Waals surface area contributed by atoms with Crippen LogP contribution in [0.2, 0.25) is 0 Å². The predicted molar refractivity (Wildman–Crippen MR) is 33.6 cm³/mol. The van der Waals surface area contributed by atoms with E-state index in [0.29, 0.717) is 0 Å². The van der Waals surface area contributed by atoms with E-state index in [4.69, 9.17) is 17.0 Å². The third-order valence-electron chi connectivity index (χ3n) is 2.47. The Balaban J connectivity index is 2.06. The second-order valence-corrected chi connectivity index (χ2v) is 3.49. The molecule has 0 unspecified atom stereocenters. The highest BCUT2D eigenvalue weighted by atomic mass is 35.5. The summed E-state index contributed by atoms with van der Waals surface area (Å²) >= 11 is 5.44. The summed E-state index contributed by atoms with van der Waals surface area (Å²) in [6.07, 6.45) is 2.88. The van der Waals surface area contributed by atoms with Crippen LogP contribution in [0.1, 0.15) is 19.3 Å². The summed E-state index contributed by atoms with van der Waals surface area (Å²) in [6, 6.07) is 2.30. The van der Waals surface area contributed by atoms with Crippen LogP contribution in [-0.2, 0) is 0 Å². The lowest BCUT2D eigenvalue weighted by Gasteiger charge is -2.66. The van der Waals surface area contributed by atoms with Crippen LogP contribution in [0.3, 0.4) is 0 Å². The zero-order chi connectivity index (χ0) is 6.54. The van der Waals surface area contributed by atoms with Gasteiger partial charge in [0, 0.05) is 5.54 Å². The molecule has 0 aromatic rings. The summed E-state index contributed by atoms with van der Waals surface area (Å²) < 4.78 is 0. The number of hydrogen-bond acceptors (Lipinski definition) is 2. The Morgan fingerprint density at radius 2 is 2.00 bits per heavy atom. The molecule has 0 aromatic heterocycles. The van der Waals surface area contributed by atoms with Gasteiger partial charge in [0.15, 0.2) is 0 Å². The molecule has 0 aromatic carbocycles. The topological polar surface area (TPSA) is 35.8 Å². The van der Waals surface area contributed by atoms with Crippen molar-refractivity contribution in [2.24, 2.45) is 5.41 Å². The first-order valence-corrected chi connectivity index (χ1v) is 3.41. The van der Waals surface area contributed by atoms with Crippen LogP contribution in [0.4, 0.5) is 0 Å². The zero-order valence-corrected chi connectivity index (χ0v) is 5.70. The smallest absolute Gasteiger partial charge is 0.0691 e. The molecule has 0 atom stereocenters. The molecule has 3 fully saturated rings. The van der Waals surface area contributed by atoms with Crippen molar-refractivity contribution in [2.75, 3.05) is 0 Å². The molecule has 3 saturated carbocycles. The molecule has 3 rings (SSSR count). The molecular weight excluding hydrogens is 136 g/mol. The van der Waals surface area contributed by atoms with Crippen molar-refractivity contribution in [3.63, 3.8) is 0 Å². The Kier molecular flexibility index (Phi) is 0.769. The van der Waals surface area contributed by atoms with Crippen LogP contribution in [0.25, 0.3) is 0 Å². The number of nitrogens with one attached hydrogen (secondary N) is 1. The molecule has 0 heterocycles. The minimum Gasteiger partial charge on any atom is -0.227 e. The molecule has 3 heteroatoms. The van der Waals surface area contributed by atoms with E-state index in [2.05, 4.69) is 10.9 Å². The molecule has 2 bridgehead atoms. The van der Waals surface area contributed by atoms with Gasteiger partial charge in [0.25, 0.3) is 0 Å². The van der Waals surface area contributed by atoms with E-state index in [-0.39, 0.29) is 11.0 Å². The normalized spacial score (nSPS) is 52.9. The van der Waals surface area contributed by atoms with E-state index in [0.717, 1.165) is 19.3 Å². The molecule has 0 saturated heterocycles. The van der Waals surface area contributed by atoms with Gasteiger partial charge in [-0.2, -0.15) is 5.26 Å². The van der Waals surface area contributed by atoms with E-state index in [1.54, 1.807) is 0 Å². The molecule has 0 aliphatic heterocycles. The Morgan fingerprint density at radius 3 is 2.33 bits per heavy atom. The number of halogens is 1. The summed E-state index contributed by atoms with van der Waals surface area (Å²) in [5.74, 6) is 0. The van der Waals surface area contributed by atoms with Crippen molar-refractivity contribution in [2.45, 2.75) is 24.8 Å². The Bertz CT molecular complexity index is 174. The second-order valence-electron chi connectivity index (χ2n) is 3.30. The Hall–Kier alpha value is -0.260. The van der Waals surface area contributed by atoms with Crippen molar-refractivity contribution in [3.8, 4) is 6.07 Å². The average Bonchev–Trinajstić information content (AvgIpc) is 1.62. The quantitative estimate of drug-likeness (QED) is 0.558. The lowest BCUT2D eigenvalue weighted by atomic mass is 9.40. The maximum atomic E-state index is 8.57. The van der Waals surface area contributed by atoms with Crippen molar-refractivity contribution < 1.29 is 0 Å². The molecule has 0 amide bonds. The fraction of sp³-hybridized carbons (Fsp3) is 0.833. The summed E-state index contributed by atoms with van der Waals surface area (Å²) in [5.41, 5.74) is 0.194. The van der Waals surface area contributed by atoms with E-state index >= 15 is 0 Å². The van der Waals surface area contributed by atoms with Gasteiger partial charge in [-0.1, -0.05) is 0 Å². The van der Waals surface area contributed by atoms with Gasteiger partial charge >= 0.3 is 0 Å². The maximum Gasteiger partial charge on any atom is 0.0691 e. The lowest BCUT2D eigenvalue weighted by molar-refractivity contribution is -0.0946. The maximum absolute atomic E-state index is 8.57. The van der Waals surface area contributed by atoms with Gasteiger partial charge in [0.05, 0.1) is 11.5 Å². The minimum absolute atomic E-state index is 0.0297. The van der Waals surface area contributed by atoms with E-state index < -0.39 is 0 Å². The van der Waals surface area contributed by atoms with Crippen molar-refractivity contribution in [1.82, 2.24) is 4.84 Å². The average molecular weight is 143 g/mol. The van der Waals surface area contributed by atoms with Crippen molar-refractivity contribution >= 4 is 11.8 Å². The van der Waals surface area contributed by atoms with Crippen LogP contribution in [0.5, 0.6) is 0 Å². The molecule has 9 heavy (non-hydrogen) atoms. The van der Waals surface area contributed by atoms with Gasteiger partial charge in [0.2, 0.25) is 0 Å². The van der Waals surface area contributed by atoms with Gasteiger partial charge in [-0.3, -0.25) is 0 Å². The van der Waals surface area contributed by atoms with Crippen LogP contribution in [0.15, 0.2) is 0 Å². The van der Waals surface area contributed by atoms with E-state index in [9.17, 15) is 0 Å². The van der Waals surface area contributed by atoms with Crippen LogP contribution < -0.4 is 4.84 Å². The molecule has 2 nitrogen and oxygen atoms in total. The highest BCUT2D eigenvalue weighted by Gasteiger charge is 2.68. The highest BCUT2D eigenvalue weighted by molar-refractivity contribution is 6.14.